The lowest BCUT2D eigenvalue weighted by Gasteiger charge is -2.19. The Morgan fingerprint density at radius 3 is 2.65 bits per heavy atom. The highest BCUT2D eigenvalue weighted by molar-refractivity contribution is 8.93. The van der Waals surface area contributed by atoms with Crippen molar-refractivity contribution in [3.8, 4) is 0 Å². The molecule has 0 aliphatic carbocycles. The van der Waals surface area contributed by atoms with E-state index in [1.165, 1.54) is 10.6 Å². The first-order chi connectivity index (χ1) is 9.25. The summed E-state index contributed by atoms with van der Waals surface area (Å²) in [6.07, 6.45) is 0. The molecular formula is C15H14BrNO2S. The summed E-state index contributed by atoms with van der Waals surface area (Å²) in [6.45, 7) is 0.631. The zero-order valence-electron chi connectivity index (χ0n) is 10.7. The second-order valence-electron chi connectivity index (χ2n) is 4.40. The summed E-state index contributed by atoms with van der Waals surface area (Å²) in [6, 6.07) is 15.4. The van der Waals surface area contributed by atoms with Crippen LogP contribution in [0, 0.1) is 0 Å². The molecule has 3 rings (SSSR count). The number of thioether (sulfide) groups is 1. The maximum absolute atomic E-state index is 11.2. The van der Waals surface area contributed by atoms with Crippen molar-refractivity contribution in [3.05, 3.63) is 59.7 Å². The maximum Gasteiger partial charge on any atom is 0.336 e. The lowest BCUT2D eigenvalue weighted by atomic mass is 10.1. The quantitative estimate of drug-likeness (QED) is 0.905. The molecule has 0 spiro atoms. The van der Waals surface area contributed by atoms with Crippen molar-refractivity contribution in [2.24, 2.45) is 0 Å². The van der Waals surface area contributed by atoms with Crippen molar-refractivity contribution >= 4 is 40.4 Å². The van der Waals surface area contributed by atoms with E-state index < -0.39 is 5.97 Å². The molecule has 0 fully saturated rings. The monoisotopic (exact) mass is 351 g/mol. The summed E-state index contributed by atoms with van der Waals surface area (Å²) in [5.41, 5.74) is 2.43. The number of rotatable bonds is 3. The Labute approximate surface area is 132 Å². The van der Waals surface area contributed by atoms with E-state index in [0.29, 0.717) is 12.1 Å². The van der Waals surface area contributed by atoms with E-state index in [1.807, 2.05) is 24.3 Å². The molecule has 0 unspecified atom stereocenters. The summed E-state index contributed by atoms with van der Waals surface area (Å²) >= 11 is 1.79. The standard InChI is InChI=1S/C15H13NO2S.BrH/c17-15(18)12-6-2-1-5-11(12)9-16-10-19-14-8-4-3-7-13(14)16;/h1-8H,9-10H2,(H,17,18);1H. The van der Waals surface area contributed by atoms with Gasteiger partial charge < -0.3 is 10.0 Å². The zero-order valence-corrected chi connectivity index (χ0v) is 13.2. The Bertz CT molecular complexity index is 633. The number of para-hydroxylation sites is 1. The van der Waals surface area contributed by atoms with E-state index in [0.717, 1.165) is 11.4 Å². The number of carboxylic acids is 1. The van der Waals surface area contributed by atoms with E-state index >= 15 is 0 Å². The van der Waals surface area contributed by atoms with Gasteiger partial charge in [-0.3, -0.25) is 0 Å². The summed E-state index contributed by atoms with van der Waals surface area (Å²) in [4.78, 5) is 14.7. The number of nitrogens with zero attached hydrogens (tertiary/aromatic N) is 1. The number of anilines is 1. The fourth-order valence-electron chi connectivity index (χ4n) is 2.26. The molecule has 0 aromatic heterocycles. The molecular weight excluding hydrogens is 338 g/mol. The van der Waals surface area contributed by atoms with Gasteiger partial charge in [-0.2, -0.15) is 0 Å². The molecule has 0 amide bonds. The second-order valence-corrected chi connectivity index (χ2v) is 5.39. The van der Waals surface area contributed by atoms with E-state index in [9.17, 15) is 9.90 Å². The molecule has 1 aliphatic rings. The molecule has 2 aromatic carbocycles. The number of halogens is 1. The molecule has 104 valence electrons. The SMILES string of the molecule is Br.O=C(O)c1ccccc1CN1CSc2ccccc21. The average Bonchev–Trinajstić information content (AvgIpc) is 2.83. The maximum atomic E-state index is 11.2. The fourth-order valence-corrected chi connectivity index (χ4v) is 3.31. The number of carbonyl (C=O) groups is 1. The second kappa shape index (κ2) is 6.33. The average molecular weight is 352 g/mol. The van der Waals surface area contributed by atoms with Crippen LogP contribution in [0.2, 0.25) is 0 Å². The molecule has 1 N–H and O–H groups in total. The number of fused-ring (bicyclic) bond motifs is 1. The van der Waals surface area contributed by atoms with Gasteiger partial charge in [-0.1, -0.05) is 30.3 Å². The van der Waals surface area contributed by atoms with Gasteiger partial charge in [-0.25, -0.2) is 4.79 Å². The minimum absolute atomic E-state index is 0. The molecule has 1 heterocycles. The lowest BCUT2D eigenvalue weighted by molar-refractivity contribution is 0.0695. The van der Waals surface area contributed by atoms with Gasteiger partial charge in [0.25, 0.3) is 0 Å². The van der Waals surface area contributed by atoms with E-state index in [1.54, 1.807) is 23.9 Å². The number of carboxylic acid groups (broad SMARTS) is 1. The van der Waals surface area contributed by atoms with Crippen LogP contribution in [0.15, 0.2) is 53.4 Å². The Balaban J connectivity index is 0.00000147. The van der Waals surface area contributed by atoms with Crippen molar-refractivity contribution in [2.45, 2.75) is 11.4 Å². The van der Waals surface area contributed by atoms with Gasteiger partial charge in [0.05, 0.1) is 17.1 Å². The highest BCUT2D eigenvalue weighted by Crippen LogP contribution is 2.38. The Hall–Kier alpha value is -1.46. The highest BCUT2D eigenvalue weighted by atomic mass is 79.9. The van der Waals surface area contributed by atoms with Gasteiger partial charge in [0.1, 0.15) is 0 Å². The van der Waals surface area contributed by atoms with Crippen molar-refractivity contribution in [1.29, 1.82) is 0 Å². The summed E-state index contributed by atoms with van der Waals surface area (Å²) < 4.78 is 0. The van der Waals surface area contributed by atoms with Crippen LogP contribution in [0.1, 0.15) is 15.9 Å². The number of hydrogen-bond donors (Lipinski definition) is 1. The third-order valence-electron chi connectivity index (χ3n) is 3.19. The zero-order chi connectivity index (χ0) is 13.2. The largest absolute Gasteiger partial charge is 0.478 e. The minimum atomic E-state index is -0.865. The first kappa shape index (κ1) is 14.9. The molecule has 0 atom stereocenters. The van der Waals surface area contributed by atoms with Gasteiger partial charge in [0.15, 0.2) is 0 Å². The molecule has 0 saturated heterocycles. The van der Waals surface area contributed by atoms with Crippen LogP contribution in [0.5, 0.6) is 0 Å². The molecule has 1 aliphatic heterocycles. The fraction of sp³-hybridized carbons (Fsp3) is 0.133. The van der Waals surface area contributed by atoms with E-state index in [4.69, 9.17) is 0 Å². The molecule has 5 heteroatoms. The lowest BCUT2D eigenvalue weighted by Crippen LogP contribution is -2.20. The highest BCUT2D eigenvalue weighted by Gasteiger charge is 2.20. The summed E-state index contributed by atoms with van der Waals surface area (Å²) in [5.74, 6) is 0.00329. The van der Waals surface area contributed by atoms with Gasteiger partial charge in [0.2, 0.25) is 0 Å². The molecule has 20 heavy (non-hydrogen) atoms. The van der Waals surface area contributed by atoms with E-state index in [2.05, 4.69) is 17.0 Å². The van der Waals surface area contributed by atoms with Gasteiger partial charge in [-0.15, -0.1) is 28.7 Å². The Morgan fingerprint density at radius 2 is 1.85 bits per heavy atom. The molecule has 0 saturated carbocycles. The van der Waals surface area contributed by atoms with Crippen LogP contribution in [-0.2, 0) is 6.54 Å². The Morgan fingerprint density at radius 1 is 1.15 bits per heavy atom. The molecule has 0 radical (unpaired) electrons. The van der Waals surface area contributed by atoms with Crippen LogP contribution in [-0.4, -0.2) is 17.0 Å². The van der Waals surface area contributed by atoms with Gasteiger partial charge in [-0.05, 0) is 23.8 Å². The Kier molecular flexibility index (Phi) is 4.73. The van der Waals surface area contributed by atoms with E-state index in [-0.39, 0.29) is 17.0 Å². The van der Waals surface area contributed by atoms with Crippen molar-refractivity contribution in [1.82, 2.24) is 0 Å². The summed E-state index contributed by atoms with van der Waals surface area (Å²) in [7, 11) is 0. The third kappa shape index (κ3) is 2.83. The normalized spacial score (nSPS) is 12.7. The van der Waals surface area contributed by atoms with Crippen molar-refractivity contribution in [2.75, 3.05) is 10.8 Å². The van der Waals surface area contributed by atoms with Gasteiger partial charge >= 0.3 is 5.97 Å². The van der Waals surface area contributed by atoms with Crippen LogP contribution < -0.4 is 4.90 Å². The summed E-state index contributed by atoms with van der Waals surface area (Å²) in [5, 5.41) is 9.21. The van der Waals surface area contributed by atoms with Crippen LogP contribution in [0.4, 0.5) is 5.69 Å². The molecule has 2 aromatic rings. The van der Waals surface area contributed by atoms with Crippen molar-refractivity contribution < 1.29 is 9.90 Å². The minimum Gasteiger partial charge on any atom is -0.478 e. The molecule has 3 nitrogen and oxygen atoms in total. The third-order valence-corrected chi connectivity index (χ3v) is 4.29. The van der Waals surface area contributed by atoms with Gasteiger partial charge in [0, 0.05) is 11.4 Å². The van der Waals surface area contributed by atoms with Crippen molar-refractivity contribution in [3.63, 3.8) is 0 Å². The number of hydrogen-bond acceptors (Lipinski definition) is 3. The topological polar surface area (TPSA) is 40.5 Å². The predicted molar refractivity (Wildman–Crippen MR) is 87.1 cm³/mol. The smallest absolute Gasteiger partial charge is 0.336 e. The van der Waals surface area contributed by atoms with Crippen LogP contribution >= 0.6 is 28.7 Å². The first-order valence-corrected chi connectivity index (χ1v) is 7.02. The van der Waals surface area contributed by atoms with Crippen LogP contribution in [0.3, 0.4) is 0 Å². The first-order valence-electron chi connectivity index (χ1n) is 6.03. The number of benzene rings is 2. The molecule has 0 bridgehead atoms. The predicted octanol–water partition coefficient (Wildman–Crippen LogP) is 4.03. The number of aromatic carboxylic acids is 1. The van der Waals surface area contributed by atoms with Crippen LogP contribution in [0.25, 0.3) is 0 Å².